The van der Waals surface area contributed by atoms with Crippen LogP contribution in [0.25, 0.3) is 11.1 Å². The summed E-state index contributed by atoms with van der Waals surface area (Å²) < 4.78 is 39.8. The number of para-hydroxylation sites is 1. The van der Waals surface area contributed by atoms with Crippen LogP contribution in [0.2, 0.25) is 0 Å². The summed E-state index contributed by atoms with van der Waals surface area (Å²) in [6, 6.07) is 21.7. The van der Waals surface area contributed by atoms with Crippen LogP contribution in [-0.2, 0) is 10.0 Å². The molecule has 1 N–H and O–H groups in total. The van der Waals surface area contributed by atoms with Crippen molar-refractivity contribution in [3.05, 3.63) is 72.8 Å². The zero-order valence-corrected chi connectivity index (χ0v) is 15.4. The molecule has 138 valence electrons. The van der Waals surface area contributed by atoms with Gasteiger partial charge < -0.3 is 9.47 Å². The average Bonchev–Trinajstić information content (AvgIpc) is 2.93. The Morgan fingerprint density at radius 3 is 2.30 bits per heavy atom. The normalized spacial score (nSPS) is 13.6. The molecule has 1 aliphatic heterocycles. The van der Waals surface area contributed by atoms with Gasteiger partial charge in [-0.25, -0.2) is 8.42 Å². The molecule has 0 atom stereocenters. The van der Waals surface area contributed by atoms with Gasteiger partial charge in [0.1, 0.15) is 0 Å². The van der Waals surface area contributed by atoms with Gasteiger partial charge in [0.2, 0.25) is 0 Å². The van der Waals surface area contributed by atoms with E-state index in [0.29, 0.717) is 30.4 Å². The Kier molecular flexibility index (Phi) is 4.73. The van der Waals surface area contributed by atoms with Crippen LogP contribution in [0.1, 0.15) is 6.42 Å². The van der Waals surface area contributed by atoms with E-state index in [1.165, 1.54) is 12.1 Å². The molecule has 0 radical (unpaired) electrons. The number of rotatable bonds is 4. The van der Waals surface area contributed by atoms with Crippen LogP contribution in [0.15, 0.2) is 77.7 Å². The lowest BCUT2D eigenvalue weighted by atomic mass is 10.0. The van der Waals surface area contributed by atoms with E-state index in [-0.39, 0.29) is 4.90 Å². The van der Waals surface area contributed by atoms with E-state index < -0.39 is 10.0 Å². The zero-order valence-electron chi connectivity index (χ0n) is 14.6. The Labute approximate surface area is 158 Å². The van der Waals surface area contributed by atoms with Gasteiger partial charge in [0, 0.05) is 18.1 Å². The largest absolute Gasteiger partial charge is 0.490 e. The van der Waals surface area contributed by atoms with Crippen LogP contribution in [0.4, 0.5) is 5.69 Å². The van der Waals surface area contributed by atoms with E-state index in [0.717, 1.165) is 17.5 Å². The van der Waals surface area contributed by atoms with Gasteiger partial charge >= 0.3 is 0 Å². The molecule has 3 aromatic rings. The SMILES string of the molecule is O=S(=O)(Nc1ccccc1-c1ccccc1)c1ccc2c(c1)OCCCO2. The number of fused-ring (bicyclic) bond motifs is 1. The summed E-state index contributed by atoms with van der Waals surface area (Å²) in [6.07, 6.45) is 0.763. The molecule has 3 aromatic carbocycles. The summed E-state index contributed by atoms with van der Waals surface area (Å²) in [6.45, 7) is 1.06. The predicted molar refractivity (Wildman–Crippen MR) is 105 cm³/mol. The fourth-order valence-corrected chi connectivity index (χ4v) is 4.05. The van der Waals surface area contributed by atoms with Crippen LogP contribution >= 0.6 is 0 Å². The molecule has 4 rings (SSSR count). The van der Waals surface area contributed by atoms with Crippen LogP contribution in [0.3, 0.4) is 0 Å². The molecule has 5 nitrogen and oxygen atoms in total. The van der Waals surface area contributed by atoms with Crippen molar-refractivity contribution in [2.75, 3.05) is 17.9 Å². The number of ether oxygens (including phenoxy) is 2. The predicted octanol–water partition coefficient (Wildman–Crippen LogP) is 4.32. The molecule has 6 heteroatoms. The quantitative estimate of drug-likeness (QED) is 0.731. The zero-order chi connectivity index (χ0) is 18.7. The first-order chi connectivity index (χ1) is 13.1. The summed E-state index contributed by atoms with van der Waals surface area (Å²) in [5.74, 6) is 1.02. The third-order valence-electron chi connectivity index (χ3n) is 4.29. The topological polar surface area (TPSA) is 64.6 Å². The second-order valence-electron chi connectivity index (χ2n) is 6.18. The third kappa shape index (κ3) is 3.75. The van der Waals surface area contributed by atoms with Gasteiger partial charge in [-0.2, -0.15) is 0 Å². The molecule has 1 heterocycles. The minimum atomic E-state index is -3.77. The smallest absolute Gasteiger partial charge is 0.262 e. The van der Waals surface area contributed by atoms with E-state index in [1.54, 1.807) is 18.2 Å². The molecule has 27 heavy (non-hydrogen) atoms. The molecule has 0 aromatic heterocycles. The first-order valence-electron chi connectivity index (χ1n) is 8.70. The summed E-state index contributed by atoms with van der Waals surface area (Å²) in [4.78, 5) is 0.134. The van der Waals surface area contributed by atoms with E-state index >= 15 is 0 Å². The molecular formula is C21H19NO4S. The van der Waals surface area contributed by atoms with Crippen molar-refractivity contribution in [2.24, 2.45) is 0 Å². The number of anilines is 1. The number of hydrogen-bond acceptors (Lipinski definition) is 4. The fourth-order valence-electron chi connectivity index (χ4n) is 2.96. The molecule has 0 saturated carbocycles. The molecule has 0 aliphatic carbocycles. The Balaban J connectivity index is 1.68. The summed E-state index contributed by atoms with van der Waals surface area (Å²) in [5, 5.41) is 0. The van der Waals surface area contributed by atoms with Gasteiger partial charge in [0.05, 0.1) is 23.8 Å². The molecule has 0 fully saturated rings. The number of nitrogens with one attached hydrogen (secondary N) is 1. The van der Waals surface area contributed by atoms with Crippen molar-refractivity contribution in [1.82, 2.24) is 0 Å². The summed E-state index contributed by atoms with van der Waals surface area (Å²) in [5.41, 5.74) is 2.28. The second-order valence-corrected chi connectivity index (χ2v) is 7.86. The van der Waals surface area contributed by atoms with E-state index in [9.17, 15) is 8.42 Å². The fraction of sp³-hybridized carbons (Fsp3) is 0.143. The second kappa shape index (κ2) is 7.32. The third-order valence-corrected chi connectivity index (χ3v) is 5.65. The van der Waals surface area contributed by atoms with Gasteiger partial charge in [-0.3, -0.25) is 4.72 Å². The minimum absolute atomic E-state index is 0.134. The maximum atomic E-state index is 12.9. The van der Waals surface area contributed by atoms with Gasteiger partial charge in [-0.1, -0.05) is 48.5 Å². The van der Waals surface area contributed by atoms with Crippen molar-refractivity contribution in [3.63, 3.8) is 0 Å². The van der Waals surface area contributed by atoms with Gasteiger partial charge in [-0.05, 0) is 23.8 Å². The van der Waals surface area contributed by atoms with Gasteiger partial charge in [0.15, 0.2) is 11.5 Å². The van der Waals surface area contributed by atoms with Gasteiger partial charge in [-0.15, -0.1) is 0 Å². The molecule has 0 bridgehead atoms. The molecule has 0 spiro atoms. The Morgan fingerprint density at radius 1 is 0.778 bits per heavy atom. The van der Waals surface area contributed by atoms with Crippen molar-refractivity contribution in [2.45, 2.75) is 11.3 Å². The molecule has 0 saturated heterocycles. The highest BCUT2D eigenvalue weighted by Crippen LogP contribution is 2.34. The number of benzene rings is 3. The van der Waals surface area contributed by atoms with Crippen LogP contribution in [0, 0.1) is 0 Å². The highest BCUT2D eigenvalue weighted by Gasteiger charge is 2.20. The average molecular weight is 381 g/mol. The highest BCUT2D eigenvalue weighted by molar-refractivity contribution is 7.92. The number of hydrogen-bond donors (Lipinski definition) is 1. The Bertz CT molecular complexity index is 1050. The first kappa shape index (κ1) is 17.4. The standard InChI is InChI=1S/C21H19NO4S/c23-27(24,17-11-12-20-21(15-17)26-14-6-13-25-20)22-19-10-5-4-9-18(19)16-7-2-1-3-8-16/h1-5,7-12,15,22H,6,13-14H2. The van der Waals surface area contributed by atoms with Crippen molar-refractivity contribution >= 4 is 15.7 Å². The van der Waals surface area contributed by atoms with Crippen molar-refractivity contribution in [3.8, 4) is 22.6 Å². The van der Waals surface area contributed by atoms with Gasteiger partial charge in [0.25, 0.3) is 10.0 Å². The van der Waals surface area contributed by atoms with Crippen LogP contribution < -0.4 is 14.2 Å². The van der Waals surface area contributed by atoms with Crippen LogP contribution in [-0.4, -0.2) is 21.6 Å². The molecular weight excluding hydrogens is 362 g/mol. The number of sulfonamides is 1. The lowest BCUT2D eigenvalue weighted by Gasteiger charge is -2.14. The van der Waals surface area contributed by atoms with E-state index in [1.807, 2.05) is 42.5 Å². The van der Waals surface area contributed by atoms with E-state index in [4.69, 9.17) is 9.47 Å². The highest BCUT2D eigenvalue weighted by atomic mass is 32.2. The summed E-state index contributed by atoms with van der Waals surface area (Å²) in [7, 11) is -3.77. The van der Waals surface area contributed by atoms with Crippen molar-refractivity contribution < 1.29 is 17.9 Å². The van der Waals surface area contributed by atoms with E-state index in [2.05, 4.69) is 4.72 Å². The van der Waals surface area contributed by atoms with Crippen LogP contribution in [0.5, 0.6) is 11.5 Å². The lowest BCUT2D eigenvalue weighted by Crippen LogP contribution is -2.13. The maximum Gasteiger partial charge on any atom is 0.262 e. The molecule has 1 aliphatic rings. The van der Waals surface area contributed by atoms with Crippen molar-refractivity contribution in [1.29, 1.82) is 0 Å². The Hall–Kier alpha value is -2.99. The molecule has 0 unspecified atom stereocenters. The Morgan fingerprint density at radius 2 is 1.48 bits per heavy atom. The minimum Gasteiger partial charge on any atom is -0.490 e. The summed E-state index contributed by atoms with van der Waals surface area (Å²) >= 11 is 0. The lowest BCUT2D eigenvalue weighted by molar-refractivity contribution is 0.297. The maximum absolute atomic E-state index is 12.9. The monoisotopic (exact) mass is 381 g/mol. The molecule has 0 amide bonds. The first-order valence-corrected chi connectivity index (χ1v) is 10.2.